The maximum Gasteiger partial charge on any atom is 0.251 e. The predicted octanol–water partition coefficient (Wildman–Crippen LogP) is 1.40. The first-order valence-corrected chi connectivity index (χ1v) is 5.27. The molecule has 1 rings (SSSR count). The first-order chi connectivity index (χ1) is 8.08. The smallest absolute Gasteiger partial charge is 0.251 e. The number of carbonyl (C=O) groups is 2. The van der Waals surface area contributed by atoms with Gasteiger partial charge in [-0.25, -0.2) is 0 Å². The van der Waals surface area contributed by atoms with Gasteiger partial charge < -0.3 is 15.4 Å². The van der Waals surface area contributed by atoms with E-state index < -0.39 is 0 Å². The first-order valence-electron chi connectivity index (χ1n) is 5.27. The Bertz CT molecular complexity index is 416. The van der Waals surface area contributed by atoms with Gasteiger partial charge in [-0.3, -0.25) is 9.59 Å². The topological polar surface area (TPSA) is 67.4 Å². The number of anilines is 1. The van der Waals surface area contributed by atoms with E-state index in [9.17, 15) is 9.59 Å². The third-order valence-electron chi connectivity index (χ3n) is 2.10. The highest BCUT2D eigenvalue weighted by Crippen LogP contribution is 2.24. The zero-order valence-corrected chi connectivity index (χ0v) is 10.1. The summed E-state index contributed by atoms with van der Waals surface area (Å²) in [6.45, 7) is 3.77. The molecule has 0 bridgehead atoms. The molecule has 1 aromatic rings. The molecular formula is C12H16N2O3. The van der Waals surface area contributed by atoms with E-state index in [1.54, 1.807) is 18.2 Å². The highest BCUT2D eigenvalue weighted by Gasteiger charge is 2.10. The van der Waals surface area contributed by atoms with Crippen LogP contribution in [0.1, 0.15) is 24.2 Å². The molecule has 0 unspecified atom stereocenters. The Morgan fingerprint density at radius 2 is 2.12 bits per heavy atom. The van der Waals surface area contributed by atoms with Crippen molar-refractivity contribution >= 4 is 18.0 Å². The summed E-state index contributed by atoms with van der Waals surface area (Å²) in [4.78, 5) is 22.1. The van der Waals surface area contributed by atoms with Crippen LogP contribution in [0.15, 0.2) is 18.2 Å². The van der Waals surface area contributed by atoms with E-state index >= 15 is 0 Å². The van der Waals surface area contributed by atoms with Gasteiger partial charge in [-0.1, -0.05) is 0 Å². The summed E-state index contributed by atoms with van der Waals surface area (Å²) in [5, 5.41) is 5.27. The maximum atomic E-state index is 11.7. The fraction of sp³-hybridized carbons (Fsp3) is 0.333. The van der Waals surface area contributed by atoms with Crippen molar-refractivity contribution < 1.29 is 14.3 Å². The Balaban J connectivity index is 2.96. The zero-order valence-electron chi connectivity index (χ0n) is 10.1. The van der Waals surface area contributed by atoms with Crippen LogP contribution in [-0.4, -0.2) is 25.5 Å². The van der Waals surface area contributed by atoms with Crippen LogP contribution in [0.3, 0.4) is 0 Å². The number of hydrogen-bond acceptors (Lipinski definition) is 3. The molecule has 5 heteroatoms. The van der Waals surface area contributed by atoms with E-state index in [1.807, 2.05) is 13.8 Å². The number of carbonyl (C=O) groups excluding carboxylic acids is 2. The molecule has 0 aromatic heterocycles. The van der Waals surface area contributed by atoms with E-state index in [0.29, 0.717) is 23.4 Å². The van der Waals surface area contributed by atoms with Gasteiger partial charge in [0.1, 0.15) is 5.75 Å². The monoisotopic (exact) mass is 236 g/mol. The molecule has 0 saturated carbocycles. The van der Waals surface area contributed by atoms with E-state index in [-0.39, 0.29) is 11.9 Å². The van der Waals surface area contributed by atoms with Gasteiger partial charge in [-0.15, -0.1) is 0 Å². The Labute approximate surface area is 100 Å². The summed E-state index contributed by atoms with van der Waals surface area (Å²) in [7, 11) is 1.48. The second-order valence-corrected chi connectivity index (χ2v) is 3.81. The SMILES string of the molecule is COc1cc(C(=O)NC(C)C)ccc1NC=O. The average Bonchev–Trinajstić information content (AvgIpc) is 2.29. The molecule has 0 saturated heterocycles. The Kier molecular flexibility index (Phi) is 4.51. The molecule has 92 valence electrons. The third-order valence-corrected chi connectivity index (χ3v) is 2.10. The van der Waals surface area contributed by atoms with Crippen molar-refractivity contribution in [3.05, 3.63) is 23.8 Å². The van der Waals surface area contributed by atoms with Crippen LogP contribution < -0.4 is 15.4 Å². The number of amides is 2. The fourth-order valence-corrected chi connectivity index (χ4v) is 1.36. The minimum absolute atomic E-state index is 0.0706. The molecule has 0 aliphatic heterocycles. The average molecular weight is 236 g/mol. The van der Waals surface area contributed by atoms with E-state index in [1.165, 1.54) is 7.11 Å². The summed E-state index contributed by atoms with van der Waals surface area (Å²) in [5.41, 5.74) is 1.02. The van der Waals surface area contributed by atoms with Crippen LogP contribution in [0.5, 0.6) is 5.75 Å². The second-order valence-electron chi connectivity index (χ2n) is 3.81. The molecule has 2 amide bonds. The summed E-state index contributed by atoms with van der Waals surface area (Å²) in [6.07, 6.45) is 0.561. The molecule has 0 fully saturated rings. The van der Waals surface area contributed by atoms with Crippen LogP contribution >= 0.6 is 0 Å². The fourth-order valence-electron chi connectivity index (χ4n) is 1.36. The van der Waals surface area contributed by atoms with Crippen molar-refractivity contribution in [2.45, 2.75) is 19.9 Å². The lowest BCUT2D eigenvalue weighted by Crippen LogP contribution is -2.30. The number of rotatable bonds is 5. The molecule has 17 heavy (non-hydrogen) atoms. The van der Waals surface area contributed by atoms with Crippen LogP contribution in [0.25, 0.3) is 0 Å². The number of nitrogens with one attached hydrogen (secondary N) is 2. The molecule has 0 aliphatic rings. The van der Waals surface area contributed by atoms with Gasteiger partial charge >= 0.3 is 0 Å². The van der Waals surface area contributed by atoms with Gasteiger partial charge in [-0.2, -0.15) is 0 Å². The summed E-state index contributed by atoms with van der Waals surface area (Å²) in [5.74, 6) is 0.282. The lowest BCUT2D eigenvalue weighted by atomic mass is 10.1. The molecule has 0 heterocycles. The summed E-state index contributed by atoms with van der Waals surface area (Å²) < 4.78 is 5.09. The van der Waals surface area contributed by atoms with Crippen molar-refractivity contribution in [3.63, 3.8) is 0 Å². The molecule has 0 atom stereocenters. The highest BCUT2D eigenvalue weighted by molar-refractivity contribution is 5.95. The molecule has 0 aliphatic carbocycles. The molecule has 0 spiro atoms. The van der Waals surface area contributed by atoms with Crippen LogP contribution in [0, 0.1) is 0 Å². The zero-order chi connectivity index (χ0) is 12.8. The lowest BCUT2D eigenvalue weighted by molar-refractivity contribution is -0.105. The molecule has 1 aromatic carbocycles. The Hall–Kier alpha value is -2.04. The van der Waals surface area contributed by atoms with Gasteiger partial charge in [0.25, 0.3) is 5.91 Å². The van der Waals surface area contributed by atoms with E-state index in [0.717, 1.165) is 0 Å². The van der Waals surface area contributed by atoms with Gasteiger partial charge in [0.05, 0.1) is 12.8 Å². The second kappa shape index (κ2) is 5.89. The third kappa shape index (κ3) is 3.48. The number of ether oxygens (including phenoxy) is 1. The van der Waals surface area contributed by atoms with Gasteiger partial charge in [0, 0.05) is 11.6 Å². The highest BCUT2D eigenvalue weighted by atomic mass is 16.5. The van der Waals surface area contributed by atoms with Crippen molar-refractivity contribution in [2.24, 2.45) is 0 Å². The minimum Gasteiger partial charge on any atom is -0.495 e. The van der Waals surface area contributed by atoms with Crippen LogP contribution in [0.4, 0.5) is 5.69 Å². The van der Waals surface area contributed by atoms with Gasteiger partial charge in [-0.05, 0) is 32.0 Å². The molecular weight excluding hydrogens is 220 g/mol. The molecule has 2 N–H and O–H groups in total. The summed E-state index contributed by atoms with van der Waals surface area (Å²) in [6, 6.07) is 4.92. The number of benzene rings is 1. The predicted molar refractivity (Wildman–Crippen MR) is 65.3 cm³/mol. The quantitative estimate of drug-likeness (QED) is 0.759. The number of hydrogen-bond donors (Lipinski definition) is 2. The van der Waals surface area contributed by atoms with Crippen molar-refractivity contribution in [2.75, 3.05) is 12.4 Å². The lowest BCUT2D eigenvalue weighted by Gasteiger charge is -2.11. The Morgan fingerprint density at radius 1 is 1.41 bits per heavy atom. The van der Waals surface area contributed by atoms with Crippen molar-refractivity contribution in [1.29, 1.82) is 0 Å². The van der Waals surface area contributed by atoms with Crippen LogP contribution in [-0.2, 0) is 4.79 Å². The minimum atomic E-state index is -0.170. The molecule has 5 nitrogen and oxygen atoms in total. The first kappa shape index (κ1) is 13.0. The van der Waals surface area contributed by atoms with E-state index in [2.05, 4.69) is 10.6 Å². The summed E-state index contributed by atoms with van der Waals surface area (Å²) >= 11 is 0. The van der Waals surface area contributed by atoms with E-state index in [4.69, 9.17) is 4.74 Å². The van der Waals surface area contributed by atoms with Crippen molar-refractivity contribution in [1.82, 2.24) is 5.32 Å². The maximum absolute atomic E-state index is 11.7. The molecule has 0 radical (unpaired) electrons. The Morgan fingerprint density at radius 3 is 2.65 bits per heavy atom. The largest absolute Gasteiger partial charge is 0.495 e. The van der Waals surface area contributed by atoms with Crippen LogP contribution in [0.2, 0.25) is 0 Å². The number of methoxy groups -OCH3 is 1. The van der Waals surface area contributed by atoms with Gasteiger partial charge in [0.2, 0.25) is 6.41 Å². The van der Waals surface area contributed by atoms with Crippen molar-refractivity contribution in [3.8, 4) is 5.75 Å². The normalized spacial score (nSPS) is 9.88. The standard InChI is InChI=1S/C12H16N2O3/c1-8(2)14-12(16)9-4-5-10(13-7-15)11(6-9)17-3/h4-8H,1-3H3,(H,13,15)(H,14,16). The van der Waals surface area contributed by atoms with Gasteiger partial charge in [0.15, 0.2) is 0 Å².